The van der Waals surface area contributed by atoms with E-state index in [1.165, 1.54) is 34.2 Å². The first kappa shape index (κ1) is 13.2. The molecule has 1 aliphatic carbocycles. The van der Waals surface area contributed by atoms with Gasteiger partial charge in [0.25, 0.3) is 0 Å². The summed E-state index contributed by atoms with van der Waals surface area (Å²) in [6, 6.07) is 17.7. The molecule has 0 unspecified atom stereocenters. The van der Waals surface area contributed by atoms with Crippen LogP contribution >= 0.6 is 22.9 Å². The second-order valence-electron chi connectivity index (χ2n) is 5.74. The number of fused-ring (bicyclic) bond motifs is 1. The molecule has 0 saturated heterocycles. The molecule has 0 aliphatic heterocycles. The third-order valence-corrected chi connectivity index (χ3v) is 5.41. The summed E-state index contributed by atoms with van der Waals surface area (Å²) >= 11 is 7.86. The topological polar surface area (TPSA) is 12.0 Å². The average Bonchev–Trinajstić information content (AvgIpc) is 2.89. The smallest absolute Gasteiger partial charge is 0.0408 e. The highest BCUT2D eigenvalue weighted by molar-refractivity contribution is 7.17. The molecular formula is C18H16ClNS. The fraction of sp³-hybridized carbons (Fsp3) is 0.222. The van der Waals surface area contributed by atoms with Crippen molar-refractivity contribution in [2.45, 2.75) is 24.8 Å². The summed E-state index contributed by atoms with van der Waals surface area (Å²) in [5.74, 6) is 0.645. The lowest BCUT2D eigenvalue weighted by atomic mass is 9.76. The number of halogens is 1. The van der Waals surface area contributed by atoms with Gasteiger partial charge in [0, 0.05) is 21.5 Å². The number of benzene rings is 2. The van der Waals surface area contributed by atoms with E-state index in [-0.39, 0.29) is 0 Å². The van der Waals surface area contributed by atoms with Crippen molar-refractivity contribution in [3.63, 3.8) is 0 Å². The van der Waals surface area contributed by atoms with Crippen molar-refractivity contribution in [3.8, 4) is 0 Å². The summed E-state index contributed by atoms with van der Waals surface area (Å²) in [5, 5.41) is 7.96. The first-order valence-corrected chi connectivity index (χ1v) is 8.53. The molecular weight excluding hydrogens is 298 g/mol. The summed E-state index contributed by atoms with van der Waals surface area (Å²) < 4.78 is 1.35. The van der Waals surface area contributed by atoms with Gasteiger partial charge in [-0.1, -0.05) is 23.7 Å². The van der Waals surface area contributed by atoms with Crippen LogP contribution in [0.25, 0.3) is 10.1 Å². The zero-order chi connectivity index (χ0) is 14.2. The Morgan fingerprint density at radius 2 is 1.95 bits per heavy atom. The number of nitrogens with one attached hydrogen (secondary N) is 1. The van der Waals surface area contributed by atoms with Crippen molar-refractivity contribution in [1.82, 2.24) is 0 Å². The van der Waals surface area contributed by atoms with E-state index in [2.05, 4.69) is 47.1 Å². The van der Waals surface area contributed by atoms with E-state index in [1.807, 2.05) is 12.1 Å². The van der Waals surface area contributed by atoms with Crippen LogP contribution in [0.3, 0.4) is 0 Å². The zero-order valence-electron chi connectivity index (χ0n) is 11.6. The number of thiophene rings is 1. The van der Waals surface area contributed by atoms with E-state index in [9.17, 15) is 0 Å². The highest BCUT2D eigenvalue weighted by Gasteiger charge is 2.30. The molecule has 2 aromatic carbocycles. The van der Waals surface area contributed by atoms with Gasteiger partial charge in [0.15, 0.2) is 0 Å². The van der Waals surface area contributed by atoms with Gasteiger partial charge in [-0.2, -0.15) is 0 Å². The summed E-state index contributed by atoms with van der Waals surface area (Å²) in [4.78, 5) is 0. The standard InChI is InChI=1S/C18H16ClNS/c19-15-3-1-2-12(8-15)14-10-17(11-14)20-16-4-5-18-13(9-16)6-7-21-18/h1-9,14,17,20H,10-11H2. The van der Waals surface area contributed by atoms with Crippen LogP contribution in [0.4, 0.5) is 5.69 Å². The molecule has 0 bridgehead atoms. The monoisotopic (exact) mass is 313 g/mol. The molecule has 1 saturated carbocycles. The molecule has 106 valence electrons. The van der Waals surface area contributed by atoms with Gasteiger partial charge in [-0.25, -0.2) is 0 Å². The number of hydrogen-bond acceptors (Lipinski definition) is 2. The van der Waals surface area contributed by atoms with E-state index in [0.29, 0.717) is 12.0 Å². The van der Waals surface area contributed by atoms with Crippen molar-refractivity contribution in [2.75, 3.05) is 5.32 Å². The van der Waals surface area contributed by atoms with E-state index >= 15 is 0 Å². The Morgan fingerprint density at radius 3 is 2.81 bits per heavy atom. The lowest BCUT2D eigenvalue weighted by Gasteiger charge is -2.37. The quantitative estimate of drug-likeness (QED) is 0.633. The Bertz CT molecular complexity index is 773. The number of anilines is 1. The molecule has 1 fully saturated rings. The Balaban J connectivity index is 1.41. The van der Waals surface area contributed by atoms with Crippen molar-refractivity contribution >= 4 is 38.7 Å². The lowest BCUT2D eigenvalue weighted by Crippen LogP contribution is -2.33. The Hall–Kier alpha value is -1.51. The Morgan fingerprint density at radius 1 is 1.05 bits per heavy atom. The van der Waals surface area contributed by atoms with Gasteiger partial charge >= 0.3 is 0 Å². The second-order valence-corrected chi connectivity index (χ2v) is 7.12. The molecule has 3 aromatic rings. The Kier molecular flexibility index (Phi) is 3.36. The molecule has 1 aromatic heterocycles. The summed E-state index contributed by atoms with van der Waals surface area (Å²) in [6.45, 7) is 0. The maximum atomic E-state index is 6.07. The van der Waals surface area contributed by atoms with Crippen LogP contribution in [0.15, 0.2) is 53.9 Å². The molecule has 4 rings (SSSR count). The molecule has 1 nitrogen and oxygen atoms in total. The fourth-order valence-electron chi connectivity index (χ4n) is 3.06. The van der Waals surface area contributed by atoms with E-state index in [1.54, 1.807) is 11.3 Å². The zero-order valence-corrected chi connectivity index (χ0v) is 13.1. The Labute approximate surface area is 133 Å². The van der Waals surface area contributed by atoms with E-state index in [4.69, 9.17) is 11.6 Å². The van der Waals surface area contributed by atoms with Gasteiger partial charge in [0.2, 0.25) is 0 Å². The highest BCUT2D eigenvalue weighted by Crippen LogP contribution is 2.39. The van der Waals surface area contributed by atoms with Crippen LogP contribution in [0.1, 0.15) is 24.3 Å². The van der Waals surface area contributed by atoms with Crippen molar-refractivity contribution in [1.29, 1.82) is 0 Å². The molecule has 1 heterocycles. The largest absolute Gasteiger partial charge is 0.382 e. The van der Waals surface area contributed by atoms with Crippen LogP contribution in [-0.4, -0.2) is 6.04 Å². The normalized spacial score (nSPS) is 21.2. The predicted molar refractivity (Wildman–Crippen MR) is 92.7 cm³/mol. The molecule has 1 N–H and O–H groups in total. The third kappa shape index (κ3) is 2.66. The van der Waals surface area contributed by atoms with Gasteiger partial charge in [0.1, 0.15) is 0 Å². The summed E-state index contributed by atoms with van der Waals surface area (Å²) in [5.41, 5.74) is 2.60. The van der Waals surface area contributed by atoms with E-state index in [0.717, 1.165) is 5.02 Å². The van der Waals surface area contributed by atoms with Gasteiger partial charge in [-0.3, -0.25) is 0 Å². The molecule has 0 spiro atoms. The van der Waals surface area contributed by atoms with E-state index < -0.39 is 0 Å². The third-order valence-electron chi connectivity index (χ3n) is 4.28. The first-order chi connectivity index (χ1) is 10.3. The fourth-order valence-corrected chi connectivity index (χ4v) is 4.03. The minimum Gasteiger partial charge on any atom is -0.382 e. The highest BCUT2D eigenvalue weighted by atomic mass is 35.5. The predicted octanol–water partition coefficient (Wildman–Crippen LogP) is 5.91. The van der Waals surface area contributed by atoms with Gasteiger partial charge in [0.05, 0.1) is 0 Å². The maximum absolute atomic E-state index is 6.07. The van der Waals surface area contributed by atoms with Crippen LogP contribution in [-0.2, 0) is 0 Å². The average molecular weight is 314 g/mol. The summed E-state index contributed by atoms with van der Waals surface area (Å²) in [6.07, 6.45) is 2.37. The van der Waals surface area contributed by atoms with Crippen LogP contribution in [0, 0.1) is 0 Å². The molecule has 0 atom stereocenters. The molecule has 3 heteroatoms. The summed E-state index contributed by atoms with van der Waals surface area (Å²) in [7, 11) is 0. The van der Waals surface area contributed by atoms with Crippen LogP contribution in [0.2, 0.25) is 5.02 Å². The maximum Gasteiger partial charge on any atom is 0.0408 e. The molecule has 1 aliphatic rings. The van der Waals surface area contributed by atoms with Crippen molar-refractivity contribution < 1.29 is 0 Å². The first-order valence-electron chi connectivity index (χ1n) is 7.27. The van der Waals surface area contributed by atoms with Crippen LogP contribution in [0.5, 0.6) is 0 Å². The molecule has 0 amide bonds. The number of rotatable bonds is 3. The van der Waals surface area contributed by atoms with Gasteiger partial charge in [-0.05, 0) is 71.5 Å². The molecule has 21 heavy (non-hydrogen) atoms. The minimum atomic E-state index is 0.574. The lowest BCUT2D eigenvalue weighted by molar-refractivity contribution is 0.374. The molecule has 0 radical (unpaired) electrons. The van der Waals surface area contributed by atoms with Crippen molar-refractivity contribution in [3.05, 3.63) is 64.5 Å². The minimum absolute atomic E-state index is 0.574. The second kappa shape index (κ2) is 5.36. The SMILES string of the molecule is Clc1cccc(C2CC(Nc3ccc4sccc4c3)C2)c1. The van der Waals surface area contributed by atoms with Gasteiger partial charge < -0.3 is 5.32 Å². The van der Waals surface area contributed by atoms with Crippen LogP contribution < -0.4 is 5.32 Å². The van der Waals surface area contributed by atoms with Gasteiger partial charge in [-0.15, -0.1) is 11.3 Å². The number of hydrogen-bond donors (Lipinski definition) is 1. The van der Waals surface area contributed by atoms with Crippen molar-refractivity contribution in [2.24, 2.45) is 0 Å².